The lowest BCUT2D eigenvalue weighted by atomic mass is 10.1. The van der Waals surface area contributed by atoms with Crippen molar-refractivity contribution < 1.29 is 4.39 Å². The van der Waals surface area contributed by atoms with Gasteiger partial charge in [-0.1, -0.05) is 46.3 Å². The molecule has 0 aliphatic heterocycles. The first-order chi connectivity index (χ1) is 10.1. The smallest absolute Gasteiger partial charge is 0.123 e. The second-order valence-electron chi connectivity index (χ2n) is 4.74. The summed E-state index contributed by atoms with van der Waals surface area (Å²) in [5.41, 5.74) is 9.15. The number of anilines is 1. The van der Waals surface area contributed by atoms with Crippen LogP contribution in [0.5, 0.6) is 0 Å². The van der Waals surface area contributed by atoms with Crippen LogP contribution in [0.25, 0.3) is 11.3 Å². The van der Waals surface area contributed by atoms with Crippen LogP contribution in [0.3, 0.4) is 0 Å². The minimum Gasteiger partial charge on any atom is -0.396 e. The Labute approximate surface area is 130 Å². The molecule has 1 heterocycles. The largest absolute Gasteiger partial charge is 0.396 e. The van der Waals surface area contributed by atoms with Gasteiger partial charge in [-0.3, -0.25) is 4.68 Å². The van der Waals surface area contributed by atoms with Crippen molar-refractivity contribution in [3.63, 3.8) is 0 Å². The topological polar surface area (TPSA) is 43.8 Å². The molecule has 3 rings (SSSR count). The molecule has 0 bridgehead atoms. The SMILES string of the molecule is Nc1cn(Cc2cccc(F)c2)nc1-c1ccccc1Br. The maximum Gasteiger partial charge on any atom is 0.123 e. The average Bonchev–Trinajstić information content (AvgIpc) is 2.80. The molecule has 21 heavy (non-hydrogen) atoms. The molecular weight excluding hydrogens is 333 g/mol. The lowest BCUT2D eigenvalue weighted by molar-refractivity contribution is 0.619. The summed E-state index contributed by atoms with van der Waals surface area (Å²) in [6.45, 7) is 0.479. The number of nitrogens with zero attached hydrogens (tertiary/aromatic N) is 2. The van der Waals surface area contributed by atoms with Gasteiger partial charge in [-0.05, 0) is 23.8 Å². The van der Waals surface area contributed by atoms with E-state index in [4.69, 9.17) is 5.73 Å². The molecule has 0 amide bonds. The van der Waals surface area contributed by atoms with Crippen molar-refractivity contribution in [1.29, 1.82) is 0 Å². The highest BCUT2D eigenvalue weighted by atomic mass is 79.9. The molecule has 2 aromatic carbocycles. The summed E-state index contributed by atoms with van der Waals surface area (Å²) in [6, 6.07) is 14.2. The van der Waals surface area contributed by atoms with Crippen LogP contribution in [0.1, 0.15) is 5.56 Å². The summed E-state index contributed by atoms with van der Waals surface area (Å²) in [5.74, 6) is -0.251. The normalized spacial score (nSPS) is 10.8. The van der Waals surface area contributed by atoms with Crippen LogP contribution < -0.4 is 5.73 Å². The molecule has 1 aromatic heterocycles. The number of nitrogens with two attached hydrogens (primary N) is 1. The summed E-state index contributed by atoms with van der Waals surface area (Å²) in [6.07, 6.45) is 1.76. The van der Waals surface area contributed by atoms with Crippen LogP contribution in [-0.2, 0) is 6.54 Å². The van der Waals surface area contributed by atoms with Crippen molar-refractivity contribution >= 4 is 21.6 Å². The fourth-order valence-electron chi connectivity index (χ4n) is 2.20. The third-order valence-electron chi connectivity index (χ3n) is 3.15. The van der Waals surface area contributed by atoms with Crippen molar-refractivity contribution in [1.82, 2.24) is 9.78 Å². The molecule has 0 saturated carbocycles. The highest BCUT2D eigenvalue weighted by molar-refractivity contribution is 9.10. The summed E-state index contributed by atoms with van der Waals surface area (Å²) >= 11 is 3.50. The Balaban J connectivity index is 1.93. The maximum absolute atomic E-state index is 13.2. The van der Waals surface area contributed by atoms with Gasteiger partial charge in [0.05, 0.1) is 12.2 Å². The van der Waals surface area contributed by atoms with Crippen molar-refractivity contribution in [3.8, 4) is 11.3 Å². The van der Waals surface area contributed by atoms with Gasteiger partial charge < -0.3 is 5.73 Å². The van der Waals surface area contributed by atoms with E-state index >= 15 is 0 Å². The van der Waals surface area contributed by atoms with Gasteiger partial charge in [-0.2, -0.15) is 5.10 Å². The van der Waals surface area contributed by atoms with E-state index in [1.54, 1.807) is 16.9 Å². The Kier molecular flexibility index (Phi) is 3.75. The molecule has 3 aromatic rings. The Morgan fingerprint density at radius 2 is 1.95 bits per heavy atom. The summed E-state index contributed by atoms with van der Waals surface area (Å²) < 4.78 is 15.9. The molecule has 0 aliphatic carbocycles. The van der Waals surface area contributed by atoms with Crippen LogP contribution in [0, 0.1) is 5.82 Å². The van der Waals surface area contributed by atoms with E-state index in [0.717, 1.165) is 21.3 Å². The molecule has 0 radical (unpaired) electrons. The van der Waals surface area contributed by atoms with Gasteiger partial charge in [0.15, 0.2) is 0 Å². The molecular formula is C16H13BrFN3. The minimum absolute atomic E-state index is 0.251. The second kappa shape index (κ2) is 5.69. The molecule has 3 nitrogen and oxygen atoms in total. The van der Waals surface area contributed by atoms with Crippen LogP contribution in [-0.4, -0.2) is 9.78 Å². The maximum atomic E-state index is 13.2. The second-order valence-corrected chi connectivity index (χ2v) is 5.59. The third kappa shape index (κ3) is 2.97. The van der Waals surface area contributed by atoms with E-state index in [-0.39, 0.29) is 5.82 Å². The molecule has 0 saturated heterocycles. The molecule has 2 N–H and O–H groups in total. The standard InChI is InChI=1S/C16H13BrFN3/c17-14-7-2-1-6-13(14)16-15(19)10-21(20-16)9-11-4-3-5-12(18)8-11/h1-8,10H,9,19H2. The summed E-state index contributed by atoms with van der Waals surface area (Å²) in [5, 5.41) is 4.51. The van der Waals surface area contributed by atoms with E-state index in [9.17, 15) is 4.39 Å². The number of halogens is 2. The minimum atomic E-state index is -0.251. The zero-order chi connectivity index (χ0) is 14.8. The molecule has 0 spiro atoms. The average molecular weight is 346 g/mol. The van der Waals surface area contributed by atoms with Gasteiger partial charge in [0.25, 0.3) is 0 Å². The fourth-order valence-corrected chi connectivity index (χ4v) is 2.68. The van der Waals surface area contributed by atoms with Gasteiger partial charge >= 0.3 is 0 Å². The number of hydrogen-bond acceptors (Lipinski definition) is 2. The van der Waals surface area contributed by atoms with Crippen LogP contribution in [0.4, 0.5) is 10.1 Å². The monoisotopic (exact) mass is 345 g/mol. The van der Waals surface area contributed by atoms with E-state index < -0.39 is 0 Å². The molecule has 106 valence electrons. The lowest BCUT2D eigenvalue weighted by Gasteiger charge is -2.03. The van der Waals surface area contributed by atoms with Crippen molar-refractivity contribution in [2.75, 3.05) is 5.73 Å². The van der Waals surface area contributed by atoms with E-state index in [0.29, 0.717) is 12.2 Å². The van der Waals surface area contributed by atoms with Crippen molar-refractivity contribution in [2.24, 2.45) is 0 Å². The fraction of sp³-hybridized carbons (Fsp3) is 0.0625. The van der Waals surface area contributed by atoms with E-state index in [1.165, 1.54) is 12.1 Å². The number of rotatable bonds is 3. The number of benzene rings is 2. The summed E-state index contributed by atoms with van der Waals surface area (Å²) in [4.78, 5) is 0. The highest BCUT2D eigenvalue weighted by Crippen LogP contribution is 2.30. The van der Waals surface area contributed by atoms with Gasteiger partial charge in [0.2, 0.25) is 0 Å². The third-order valence-corrected chi connectivity index (χ3v) is 3.84. The van der Waals surface area contributed by atoms with Crippen molar-refractivity contribution in [2.45, 2.75) is 6.54 Å². The lowest BCUT2D eigenvalue weighted by Crippen LogP contribution is -2.00. The first-order valence-corrected chi connectivity index (χ1v) is 7.25. The first kappa shape index (κ1) is 13.8. The predicted octanol–water partition coefficient (Wildman–Crippen LogP) is 4.08. The molecule has 0 aliphatic rings. The number of nitrogen functional groups attached to an aromatic ring is 1. The Morgan fingerprint density at radius 3 is 2.71 bits per heavy atom. The molecule has 5 heteroatoms. The Morgan fingerprint density at radius 1 is 1.14 bits per heavy atom. The van der Waals surface area contributed by atoms with Crippen LogP contribution >= 0.6 is 15.9 Å². The zero-order valence-electron chi connectivity index (χ0n) is 11.1. The molecule has 0 unspecified atom stereocenters. The Hall–Kier alpha value is -2.14. The first-order valence-electron chi connectivity index (χ1n) is 6.46. The van der Waals surface area contributed by atoms with E-state index in [2.05, 4.69) is 21.0 Å². The summed E-state index contributed by atoms with van der Waals surface area (Å²) in [7, 11) is 0. The van der Waals surface area contributed by atoms with Gasteiger partial charge in [0, 0.05) is 16.2 Å². The highest BCUT2D eigenvalue weighted by Gasteiger charge is 2.11. The van der Waals surface area contributed by atoms with Crippen LogP contribution in [0.15, 0.2) is 59.2 Å². The quantitative estimate of drug-likeness (QED) is 0.777. The van der Waals surface area contributed by atoms with E-state index in [1.807, 2.05) is 30.3 Å². The van der Waals surface area contributed by atoms with Crippen LogP contribution in [0.2, 0.25) is 0 Å². The Bertz CT molecular complexity index is 783. The predicted molar refractivity (Wildman–Crippen MR) is 85.3 cm³/mol. The zero-order valence-corrected chi connectivity index (χ0v) is 12.7. The van der Waals surface area contributed by atoms with Crippen molar-refractivity contribution in [3.05, 3.63) is 70.6 Å². The molecule has 0 fully saturated rings. The number of hydrogen-bond donors (Lipinski definition) is 1. The van der Waals surface area contributed by atoms with Gasteiger partial charge in [-0.15, -0.1) is 0 Å². The number of aromatic nitrogens is 2. The van der Waals surface area contributed by atoms with Gasteiger partial charge in [0.1, 0.15) is 11.5 Å². The van der Waals surface area contributed by atoms with Gasteiger partial charge in [-0.25, -0.2) is 4.39 Å². The molecule has 0 atom stereocenters.